The molecule has 1 aliphatic heterocycles. The van der Waals surface area contributed by atoms with E-state index in [4.69, 9.17) is 0 Å². The summed E-state index contributed by atoms with van der Waals surface area (Å²) in [5.74, 6) is 0.952. The zero-order valence-corrected chi connectivity index (χ0v) is 13.9. The van der Waals surface area contributed by atoms with Crippen molar-refractivity contribution in [2.24, 2.45) is 11.8 Å². The molecule has 1 fully saturated rings. The van der Waals surface area contributed by atoms with Gasteiger partial charge in [-0.25, -0.2) is 4.39 Å². The molecule has 21 heavy (non-hydrogen) atoms. The average molecular weight is 292 g/mol. The van der Waals surface area contributed by atoms with Gasteiger partial charge in [-0.2, -0.15) is 0 Å². The molecular weight excluding hydrogens is 263 g/mol. The van der Waals surface area contributed by atoms with Crippen LogP contribution in [-0.2, 0) is 0 Å². The predicted molar refractivity (Wildman–Crippen MR) is 86.8 cm³/mol. The molecule has 4 unspecified atom stereocenters. The first kappa shape index (κ1) is 16.4. The number of piperidine rings is 1. The van der Waals surface area contributed by atoms with Crippen LogP contribution in [0, 0.1) is 17.7 Å². The minimum Gasteiger partial charge on any atom is -0.307 e. The fourth-order valence-corrected chi connectivity index (χ4v) is 3.35. The first-order chi connectivity index (χ1) is 9.88. The van der Waals surface area contributed by atoms with Crippen molar-refractivity contribution in [2.75, 3.05) is 13.6 Å². The van der Waals surface area contributed by atoms with Crippen LogP contribution in [0.4, 0.5) is 4.39 Å². The zero-order valence-electron chi connectivity index (χ0n) is 13.9. The molecule has 118 valence electrons. The third-order valence-corrected chi connectivity index (χ3v) is 4.90. The number of nitrogens with zero attached hydrogens (tertiary/aromatic N) is 1. The van der Waals surface area contributed by atoms with Crippen LogP contribution in [0.2, 0.25) is 0 Å². The smallest absolute Gasteiger partial charge is 0.123 e. The van der Waals surface area contributed by atoms with Gasteiger partial charge in [0.2, 0.25) is 0 Å². The number of hydrogen-bond acceptors (Lipinski definition) is 2. The Bertz CT molecular complexity index is 443. The molecule has 3 heteroatoms. The largest absolute Gasteiger partial charge is 0.307 e. The lowest BCUT2D eigenvalue weighted by molar-refractivity contribution is 0.111. The molecule has 1 heterocycles. The first-order valence-electron chi connectivity index (χ1n) is 8.10. The third kappa shape index (κ3) is 4.04. The van der Waals surface area contributed by atoms with Gasteiger partial charge in [0.05, 0.1) is 0 Å². The van der Waals surface area contributed by atoms with Crippen molar-refractivity contribution in [1.29, 1.82) is 0 Å². The Morgan fingerprint density at radius 1 is 1.19 bits per heavy atom. The SMILES string of the molecule is CC(C)C(NC1CC(C)N(C)CC1C)c1ccc(F)cc1. The van der Waals surface area contributed by atoms with Gasteiger partial charge < -0.3 is 10.2 Å². The Morgan fingerprint density at radius 3 is 2.38 bits per heavy atom. The van der Waals surface area contributed by atoms with E-state index in [1.54, 1.807) is 12.1 Å². The summed E-state index contributed by atoms with van der Waals surface area (Å²) in [5.41, 5.74) is 1.19. The third-order valence-electron chi connectivity index (χ3n) is 4.90. The van der Waals surface area contributed by atoms with E-state index < -0.39 is 0 Å². The minimum absolute atomic E-state index is 0.164. The van der Waals surface area contributed by atoms with E-state index in [-0.39, 0.29) is 11.9 Å². The number of rotatable bonds is 4. The minimum atomic E-state index is -0.164. The van der Waals surface area contributed by atoms with Gasteiger partial charge in [0.15, 0.2) is 0 Å². The first-order valence-corrected chi connectivity index (χ1v) is 8.10. The Morgan fingerprint density at radius 2 is 1.81 bits per heavy atom. The van der Waals surface area contributed by atoms with E-state index in [1.165, 1.54) is 12.0 Å². The second-order valence-electron chi connectivity index (χ2n) is 7.05. The van der Waals surface area contributed by atoms with E-state index in [0.717, 1.165) is 6.54 Å². The Kier molecular flexibility index (Phi) is 5.39. The second kappa shape index (κ2) is 6.89. The van der Waals surface area contributed by atoms with Gasteiger partial charge in [-0.3, -0.25) is 0 Å². The van der Waals surface area contributed by atoms with Crippen LogP contribution < -0.4 is 5.32 Å². The molecule has 0 bridgehead atoms. The number of likely N-dealkylation sites (tertiary alicyclic amines) is 1. The maximum absolute atomic E-state index is 13.1. The van der Waals surface area contributed by atoms with Crippen molar-refractivity contribution >= 4 is 0 Å². The van der Waals surface area contributed by atoms with Crippen LogP contribution in [0.25, 0.3) is 0 Å². The maximum Gasteiger partial charge on any atom is 0.123 e. The van der Waals surface area contributed by atoms with E-state index >= 15 is 0 Å². The van der Waals surface area contributed by atoms with Gasteiger partial charge in [-0.1, -0.05) is 32.9 Å². The summed E-state index contributed by atoms with van der Waals surface area (Å²) in [6, 6.07) is 8.37. The molecule has 1 aromatic rings. The summed E-state index contributed by atoms with van der Waals surface area (Å²) in [7, 11) is 2.21. The predicted octanol–water partition coefficient (Wildman–Crippen LogP) is 3.84. The highest BCUT2D eigenvalue weighted by atomic mass is 19.1. The lowest BCUT2D eigenvalue weighted by Gasteiger charge is -2.42. The number of benzene rings is 1. The lowest BCUT2D eigenvalue weighted by atomic mass is 9.87. The van der Waals surface area contributed by atoms with Crippen molar-refractivity contribution in [3.63, 3.8) is 0 Å². The molecule has 0 radical (unpaired) electrons. The molecule has 0 aliphatic carbocycles. The number of halogens is 1. The van der Waals surface area contributed by atoms with Gasteiger partial charge in [-0.05, 0) is 49.9 Å². The molecule has 1 aromatic carbocycles. The van der Waals surface area contributed by atoms with Crippen molar-refractivity contribution in [3.8, 4) is 0 Å². The number of nitrogens with one attached hydrogen (secondary N) is 1. The monoisotopic (exact) mass is 292 g/mol. The molecule has 0 amide bonds. The fraction of sp³-hybridized carbons (Fsp3) is 0.667. The highest BCUT2D eigenvalue weighted by Crippen LogP contribution is 2.27. The molecular formula is C18H29FN2. The van der Waals surface area contributed by atoms with Gasteiger partial charge in [0.25, 0.3) is 0 Å². The summed E-state index contributed by atoms with van der Waals surface area (Å²) in [5, 5.41) is 3.84. The van der Waals surface area contributed by atoms with Gasteiger partial charge in [-0.15, -0.1) is 0 Å². The van der Waals surface area contributed by atoms with Crippen LogP contribution in [0.1, 0.15) is 45.7 Å². The van der Waals surface area contributed by atoms with E-state index in [2.05, 4.69) is 45.0 Å². The van der Waals surface area contributed by atoms with Gasteiger partial charge in [0.1, 0.15) is 5.82 Å². The molecule has 2 rings (SSSR count). The quantitative estimate of drug-likeness (QED) is 0.907. The Balaban J connectivity index is 2.11. The summed E-state index contributed by atoms with van der Waals surface area (Å²) in [4.78, 5) is 2.44. The van der Waals surface area contributed by atoms with Crippen molar-refractivity contribution in [2.45, 2.75) is 52.2 Å². The lowest BCUT2D eigenvalue weighted by Crippen LogP contribution is -2.52. The molecule has 1 N–H and O–H groups in total. The summed E-state index contributed by atoms with van der Waals surface area (Å²) >= 11 is 0. The van der Waals surface area contributed by atoms with Crippen LogP contribution >= 0.6 is 0 Å². The molecule has 0 spiro atoms. The zero-order chi connectivity index (χ0) is 15.6. The Labute approximate surface area is 128 Å². The van der Waals surface area contributed by atoms with E-state index in [1.807, 2.05) is 12.1 Å². The van der Waals surface area contributed by atoms with Crippen LogP contribution in [0.3, 0.4) is 0 Å². The topological polar surface area (TPSA) is 15.3 Å². The van der Waals surface area contributed by atoms with E-state index in [0.29, 0.717) is 23.9 Å². The molecule has 0 saturated carbocycles. The molecule has 1 saturated heterocycles. The summed E-state index contributed by atoms with van der Waals surface area (Å²) in [6.07, 6.45) is 1.17. The van der Waals surface area contributed by atoms with E-state index in [9.17, 15) is 4.39 Å². The van der Waals surface area contributed by atoms with Crippen molar-refractivity contribution in [1.82, 2.24) is 10.2 Å². The van der Waals surface area contributed by atoms with Crippen LogP contribution in [0.15, 0.2) is 24.3 Å². The molecule has 0 aromatic heterocycles. The average Bonchev–Trinajstić information content (AvgIpc) is 2.42. The van der Waals surface area contributed by atoms with Crippen molar-refractivity contribution in [3.05, 3.63) is 35.6 Å². The number of hydrogen-bond donors (Lipinski definition) is 1. The van der Waals surface area contributed by atoms with Crippen molar-refractivity contribution < 1.29 is 4.39 Å². The Hall–Kier alpha value is -0.930. The summed E-state index contributed by atoms with van der Waals surface area (Å²) < 4.78 is 13.1. The standard InChI is InChI=1S/C18H29FN2/c1-12(2)18(15-6-8-16(19)9-7-15)20-17-10-14(4)21(5)11-13(17)3/h6-9,12-14,17-18,20H,10-11H2,1-5H3. The van der Waals surface area contributed by atoms with Gasteiger partial charge >= 0.3 is 0 Å². The normalized spacial score (nSPS) is 28.8. The van der Waals surface area contributed by atoms with Crippen LogP contribution in [0.5, 0.6) is 0 Å². The second-order valence-corrected chi connectivity index (χ2v) is 7.05. The maximum atomic E-state index is 13.1. The highest BCUT2D eigenvalue weighted by molar-refractivity contribution is 5.20. The summed E-state index contributed by atoms with van der Waals surface area (Å²) in [6.45, 7) is 10.2. The molecule has 2 nitrogen and oxygen atoms in total. The van der Waals surface area contributed by atoms with Crippen LogP contribution in [-0.4, -0.2) is 30.6 Å². The van der Waals surface area contributed by atoms with Gasteiger partial charge in [0, 0.05) is 24.7 Å². The molecule has 4 atom stereocenters. The molecule has 1 aliphatic rings. The fourth-order valence-electron chi connectivity index (χ4n) is 3.35. The highest BCUT2D eigenvalue weighted by Gasteiger charge is 2.31.